The summed E-state index contributed by atoms with van der Waals surface area (Å²) in [5.41, 5.74) is 0.618. The molecule has 0 radical (unpaired) electrons. The van der Waals surface area contributed by atoms with Gasteiger partial charge in [-0.05, 0) is 19.4 Å². The van der Waals surface area contributed by atoms with Gasteiger partial charge in [0.1, 0.15) is 6.04 Å². The van der Waals surface area contributed by atoms with Crippen LogP contribution in [0.15, 0.2) is 24.3 Å². The number of ether oxygens (including phenoxy) is 1. The maximum atomic E-state index is 12.1. The molecule has 1 aromatic carbocycles. The quantitative estimate of drug-likeness (QED) is 0.924. The molecule has 4 nitrogen and oxygen atoms in total. The molecule has 1 saturated heterocycles. The molecule has 0 bridgehead atoms. The van der Waals surface area contributed by atoms with Crippen molar-refractivity contribution < 1.29 is 9.53 Å². The molecule has 1 aromatic rings. The zero-order valence-electron chi connectivity index (χ0n) is 10.6. The van der Waals surface area contributed by atoms with Gasteiger partial charge in [-0.25, -0.2) is 0 Å². The monoisotopic (exact) mass is 278 g/mol. The summed E-state index contributed by atoms with van der Waals surface area (Å²) in [5, 5.41) is 12.4. The molecule has 1 heterocycles. The molecule has 0 aliphatic carbocycles. The van der Waals surface area contributed by atoms with E-state index in [1.807, 2.05) is 6.92 Å². The van der Waals surface area contributed by atoms with Gasteiger partial charge in [0.15, 0.2) is 0 Å². The molecule has 1 aliphatic heterocycles. The Morgan fingerprint density at radius 3 is 2.89 bits per heavy atom. The van der Waals surface area contributed by atoms with Crippen molar-refractivity contribution in [2.24, 2.45) is 5.92 Å². The minimum Gasteiger partial charge on any atom is -0.378 e. The van der Waals surface area contributed by atoms with E-state index in [1.165, 1.54) is 0 Å². The van der Waals surface area contributed by atoms with Crippen molar-refractivity contribution in [2.75, 3.05) is 6.61 Å². The van der Waals surface area contributed by atoms with Gasteiger partial charge in [-0.2, -0.15) is 5.26 Å². The highest BCUT2D eigenvalue weighted by Crippen LogP contribution is 2.24. The Bertz CT molecular complexity index is 512. The number of hydrogen-bond acceptors (Lipinski definition) is 3. The molecule has 1 N–H and O–H groups in total. The van der Waals surface area contributed by atoms with E-state index in [4.69, 9.17) is 16.3 Å². The summed E-state index contributed by atoms with van der Waals surface area (Å²) >= 11 is 6.04. The number of amides is 1. The first kappa shape index (κ1) is 13.9. The van der Waals surface area contributed by atoms with Gasteiger partial charge in [-0.1, -0.05) is 29.8 Å². The van der Waals surface area contributed by atoms with Crippen molar-refractivity contribution in [2.45, 2.75) is 25.5 Å². The Hall–Kier alpha value is -1.57. The number of nitrogens with zero attached hydrogens (tertiary/aromatic N) is 1. The van der Waals surface area contributed by atoms with Gasteiger partial charge in [0.25, 0.3) is 0 Å². The van der Waals surface area contributed by atoms with Gasteiger partial charge < -0.3 is 10.1 Å². The molecule has 0 spiro atoms. The van der Waals surface area contributed by atoms with E-state index in [-0.39, 0.29) is 17.9 Å². The fourth-order valence-corrected chi connectivity index (χ4v) is 2.39. The number of carbonyl (C=O) groups is 1. The molecule has 1 fully saturated rings. The van der Waals surface area contributed by atoms with Crippen LogP contribution in [0.3, 0.4) is 0 Å². The smallest absolute Gasteiger partial charge is 0.226 e. The Kier molecular flexibility index (Phi) is 4.41. The lowest BCUT2D eigenvalue weighted by Gasteiger charge is -2.15. The standard InChI is InChI=1S/C14H15ClN2O2/c1-9-6-10(8-19-9)14(18)17-13(7-16)11-4-2-3-5-12(11)15/h2-5,9-10,13H,6,8H2,1H3,(H,17,18). The molecular formula is C14H15ClN2O2. The first-order chi connectivity index (χ1) is 9.11. The van der Waals surface area contributed by atoms with E-state index in [9.17, 15) is 10.1 Å². The van der Waals surface area contributed by atoms with Crippen LogP contribution in [0, 0.1) is 17.2 Å². The Labute approximate surface area is 117 Å². The minimum atomic E-state index is -0.725. The van der Waals surface area contributed by atoms with Gasteiger partial charge in [-0.15, -0.1) is 0 Å². The SMILES string of the molecule is CC1CC(C(=O)NC(C#N)c2ccccc2Cl)CO1. The van der Waals surface area contributed by atoms with E-state index in [0.29, 0.717) is 23.6 Å². The van der Waals surface area contributed by atoms with Crippen molar-refractivity contribution in [3.8, 4) is 6.07 Å². The summed E-state index contributed by atoms with van der Waals surface area (Å²) in [6.45, 7) is 2.34. The highest BCUT2D eigenvalue weighted by Gasteiger charge is 2.30. The van der Waals surface area contributed by atoms with Crippen LogP contribution in [0.4, 0.5) is 0 Å². The second-order valence-electron chi connectivity index (χ2n) is 4.67. The van der Waals surface area contributed by atoms with Crippen LogP contribution in [0.1, 0.15) is 24.9 Å². The Balaban J connectivity index is 2.06. The maximum absolute atomic E-state index is 12.1. The Morgan fingerprint density at radius 1 is 1.58 bits per heavy atom. The fraction of sp³-hybridized carbons (Fsp3) is 0.429. The minimum absolute atomic E-state index is 0.0941. The van der Waals surface area contributed by atoms with Gasteiger partial charge in [0, 0.05) is 10.6 Å². The first-order valence-corrected chi connectivity index (χ1v) is 6.55. The summed E-state index contributed by atoms with van der Waals surface area (Å²) in [6, 6.07) is 8.36. The van der Waals surface area contributed by atoms with Crippen molar-refractivity contribution >= 4 is 17.5 Å². The van der Waals surface area contributed by atoms with Crippen LogP contribution in [-0.2, 0) is 9.53 Å². The number of halogens is 1. The highest BCUT2D eigenvalue weighted by atomic mass is 35.5. The predicted molar refractivity (Wildman–Crippen MR) is 71.5 cm³/mol. The normalized spacial score (nSPS) is 23.6. The van der Waals surface area contributed by atoms with Crippen molar-refractivity contribution in [3.63, 3.8) is 0 Å². The molecule has 2 rings (SSSR count). The largest absolute Gasteiger partial charge is 0.378 e. The topological polar surface area (TPSA) is 62.1 Å². The average Bonchev–Trinajstić information content (AvgIpc) is 2.83. The molecule has 3 atom stereocenters. The lowest BCUT2D eigenvalue weighted by atomic mass is 10.0. The van der Waals surface area contributed by atoms with E-state index in [1.54, 1.807) is 24.3 Å². The van der Waals surface area contributed by atoms with Gasteiger partial charge in [0.05, 0.1) is 24.7 Å². The van der Waals surface area contributed by atoms with Crippen molar-refractivity contribution in [3.05, 3.63) is 34.9 Å². The van der Waals surface area contributed by atoms with Crippen molar-refractivity contribution in [1.29, 1.82) is 5.26 Å². The molecule has 19 heavy (non-hydrogen) atoms. The molecule has 0 saturated carbocycles. The zero-order chi connectivity index (χ0) is 13.8. The molecular weight excluding hydrogens is 264 g/mol. The fourth-order valence-electron chi connectivity index (χ4n) is 2.15. The summed E-state index contributed by atoms with van der Waals surface area (Å²) in [7, 11) is 0. The van der Waals surface area contributed by atoms with E-state index < -0.39 is 6.04 Å². The second-order valence-corrected chi connectivity index (χ2v) is 5.08. The number of carbonyl (C=O) groups excluding carboxylic acids is 1. The van der Waals surface area contributed by atoms with E-state index in [0.717, 1.165) is 0 Å². The molecule has 1 amide bonds. The lowest BCUT2D eigenvalue weighted by Crippen LogP contribution is -2.33. The van der Waals surface area contributed by atoms with Crippen LogP contribution < -0.4 is 5.32 Å². The predicted octanol–water partition coefficient (Wildman–Crippen LogP) is 2.45. The highest BCUT2D eigenvalue weighted by molar-refractivity contribution is 6.31. The van der Waals surface area contributed by atoms with Crippen LogP contribution in [0.2, 0.25) is 5.02 Å². The summed E-state index contributed by atoms with van der Waals surface area (Å²) in [4.78, 5) is 12.1. The molecule has 1 aliphatic rings. The molecule has 5 heteroatoms. The third kappa shape index (κ3) is 3.25. The third-order valence-corrected chi connectivity index (χ3v) is 3.55. The second kappa shape index (κ2) is 6.05. The summed E-state index contributed by atoms with van der Waals surface area (Å²) in [5.74, 6) is -0.343. The maximum Gasteiger partial charge on any atom is 0.226 e. The van der Waals surface area contributed by atoms with Gasteiger partial charge in [-0.3, -0.25) is 4.79 Å². The van der Waals surface area contributed by atoms with Gasteiger partial charge in [0.2, 0.25) is 5.91 Å². The van der Waals surface area contributed by atoms with E-state index >= 15 is 0 Å². The number of nitriles is 1. The van der Waals surface area contributed by atoms with Crippen LogP contribution in [-0.4, -0.2) is 18.6 Å². The molecule has 0 aromatic heterocycles. The average molecular weight is 279 g/mol. The van der Waals surface area contributed by atoms with Crippen LogP contribution in [0.5, 0.6) is 0 Å². The van der Waals surface area contributed by atoms with Crippen molar-refractivity contribution in [1.82, 2.24) is 5.32 Å². The number of benzene rings is 1. The molecule has 100 valence electrons. The first-order valence-electron chi connectivity index (χ1n) is 6.18. The number of nitrogens with one attached hydrogen (secondary N) is 1. The third-order valence-electron chi connectivity index (χ3n) is 3.20. The number of hydrogen-bond donors (Lipinski definition) is 1. The zero-order valence-corrected chi connectivity index (χ0v) is 11.4. The van der Waals surface area contributed by atoms with Gasteiger partial charge >= 0.3 is 0 Å². The lowest BCUT2D eigenvalue weighted by molar-refractivity contribution is -0.125. The summed E-state index contributed by atoms with van der Waals surface area (Å²) < 4.78 is 5.36. The van der Waals surface area contributed by atoms with E-state index in [2.05, 4.69) is 11.4 Å². The molecule has 3 unspecified atom stereocenters. The Morgan fingerprint density at radius 2 is 2.32 bits per heavy atom. The van der Waals surface area contributed by atoms with Crippen LogP contribution in [0.25, 0.3) is 0 Å². The number of rotatable bonds is 3. The summed E-state index contributed by atoms with van der Waals surface area (Å²) in [6.07, 6.45) is 0.781. The van der Waals surface area contributed by atoms with Crippen LogP contribution >= 0.6 is 11.6 Å².